The fourth-order valence-electron chi connectivity index (χ4n) is 2.96. The van der Waals surface area contributed by atoms with Crippen LogP contribution in [0.1, 0.15) is 21.5 Å². The van der Waals surface area contributed by atoms with E-state index in [1.807, 2.05) is 31.1 Å². The van der Waals surface area contributed by atoms with Crippen molar-refractivity contribution in [1.82, 2.24) is 10.7 Å². The van der Waals surface area contributed by atoms with Gasteiger partial charge in [0.2, 0.25) is 0 Å². The van der Waals surface area contributed by atoms with Gasteiger partial charge in [-0.1, -0.05) is 35.9 Å². The Balaban J connectivity index is 1.88. The number of benzene rings is 3. The molecule has 0 saturated carbocycles. The van der Waals surface area contributed by atoms with E-state index < -0.39 is 11.8 Å². The van der Waals surface area contributed by atoms with Crippen molar-refractivity contribution in [3.8, 4) is 11.5 Å². The maximum Gasteiger partial charge on any atom is 0.287 e. The summed E-state index contributed by atoms with van der Waals surface area (Å²) in [4.78, 5) is 27.7. The van der Waals surface area contributed by atoms with Crippen LogP contribution in [0.5, 0.6) is 11.5 Å². The Kier molecular flexibility index (Phi) is 9.14. The van der Waals surface area contributed by atoms with E-state index in [9.17, 15) is 19.8 Å². The van der Waals surface area contributed by atoms with Gasteiger partial charge in [-0.25, -0.2) is 5.43 Å². The summed E-state index contributed by atoms with van der Waals surface area (Å²) in [5, 5.41) is 26.8. The summed E-state index contributed by atoms with van der Waals surface area (Å²) in [5.74, 6) is -1.72. The summed E-state index contributed by atoms with van der Waals surface area (Å²) in [7, 11) is 3.82. The summed E-state index contributed by atoms with van der Waals surface area (Å²) < 4.78 is 0.382. The van der Waals surface area contributed by atoms with Crippen LogP contribution in [-0.2, 0) is 4.79 Å². The first-order valence-corrected chi connectivity index (χ1v) is 12.3. The molecule has 0 bridgehead atoms. The predicted molar refractivity (Wildman–Crippen MR) is 149 cm³/mol. The number of hydrazone groups is 1. The molecule has 0 fully saturated rings. The summed E-state index contributed by atoms with van der Waals surface area (Å²) >= 11 is 12.4. The highest BCUT2D eigenvalue weighted by Crippen LogP contribution is 2.40. The van der Waals surface area contributed by atoms with E-state index in [1.54, 1.807) is 36.4 Å². The molecule has 0 aromatic heterocycles. The largest absolute Gasteiger partial charge is 0.506 e. The van der Waals surface area contributed by atoms with E-state index >= 15 is 0 Å². The van der Waals surface area contributed by atoms with Crippen LogP contribution < -0.4 is 15.6 Å². The van der Waals surface area contributed by atoms with Crippen molar-refractivity contribution in [2.45, 2.75) is 0 Å². The van der Waals surface area contributed by atoms with Crippen LogP contribution in [0.15, 0.2) is 74.3 Å². The molecule has 0 saturated heterocycles. The third kappa shape index (κ3) is 6.66. The first-order chi connectivity index (χ1) is 17.1. The monoisotopic (exact) mass is 634 g/mol. The second kappa shape index (κ2) is 12.1. The van der Waals surface area contributed by atoms with Crippen LogP contribution in [0, 0.1) is 0 Å². The lowest BCUT2D eigenvalue weighted by atomic mass is 10.1. The molecule has 3 aromatic rings. The average molecular weight is 637 g/mol. The number of hydrogen-bond donors (Lipinski definition) is 4. The van der Waals surface area contributed by atoms with Gasteiger partial charge in [0.1, 0.15) is 21.7 Å². The van der Waals surface area contributed by atoms with Crippen LogP contribution in [0.2, 0.25) is 5.02 Å². The van der Waals surface area contributed by atoms with Crippen molar-refractivity contribution in [1.29, 1.82) is 0 Å². The Bertz CT molecular complexity index is 1360. The van der Waals surface area contributed by atoms with E-state index in [0.717, 1.165) is 5.69 Å². The number of nitrogens with one attached hydrogen (secondary N) is 2. The maximum atomic E-state index is 13.0. The molecule has 0 aliphatic carbocycles. The number of halogens is 3. The minimum atomic E-state index is -0.709. The van der Waals surface area contributed by atoms with Gasteiger partial charge in [0.25, 0.3) is 11.8 Å². The molecule has 0 unspecified atom stereocenters. The van der Waals surface area contributed by atoms with Crippen LogP contribution >= 0.6 is 43.5 Å². The van der Waals surface area contributed by atoms with E-state index in [4.69, 9.17) is 11.6 Å². The molecule has 3 rings (SSSR count). The zero-order valence-electron chi connectivity index (χ0n) is 19.1. The van der Waals surface area contributed by atoms with E-state index in [2.05, 4.69) is 47.7 Å². The second-order valence-electron chi connectivity index (χ2n) is 7.64. The van der Waals surface area contributed by atoms with Crippen molar-refractivity contribution in [2.24, 2.45) is 5.10 Å². The third-order valence-corrected chi connectivity index (χ3v) is 6.58. The van der Waals surface area contributed by atoms with Gasteiger partial charge in [-0.2, -0.15) is 5.10 Å². The van der Waals surface area contributed by atoms with Crippen molar-refractivity contribution in [3.05, 3.63) is 91.0 Å². The Morgan fingerprint density at radius 1 is 1.03 bits per heavy atom. The fourth-order valence-corrected chi connectivity index (χ4v) is 4.34. The highest BCUT2D eigenvalue weighted by atomic mass is 79.9. The van der Waals surface area contributed by atoms with Crippen molar-refractivity contribution in [3.63, 3.8) is 0 Å². The summed E-state index contributed by atoms with van der Waals surface area (Å²) in [6.45, 7) is 0. The number of nitrogens with zero attached hydrogens (tertiary/aromatic N) is 2. The number of phenolic OH excluding ortho intramolecular Hbond substituents is 2. The Morgan fingerprint density at radius 3 is 2.33 bits per heavy atom. The third-order valence-electron chi connectivity index (χ3n) is 4.90. The molecular formula is C25H21Br2ClN4O4. The quantitative estimate of drug-likeness (QED) is 0.161. The Labute approximate surface area is 229 Å². The molecule has 2 amide bonds. The first kappa shape index (κ1) is 27.3. The van der Waals surface area contributed by atoms with Gasteiger partial charge in [-0.05, 0) is 73.8 Å². The fraction of sp³-hybridized carbons (Fsp3) is 0.0800. The molecule has 0 spiro atoms. The number of rotatable bonds is 7. The zero-order chi connectivity index (χ0) is 26.4. The number of aromatic hydroxyl groups is 2. The SMILES string of the molecule is CN(C)c1ccc(C=C(NC(=O)c2ccccc2Cl)C(=O)N/N=C/c2cc(Br)c(O)c(Br)c2O)cc1. The smallest absolute Gasteiger partial charge is 0.287 e. The minimum absolute atomic E-state index is 0.0680. The molecule has 0 atom stereocenters. The normalized spacial score (nSPS) is 11.4. The lowest BCUT2D eigenvalue weighted by molar-refractivity contribution is -0.117. The molecule has 11 heteroatoms. The van der Waals surface area contributed by atoms with Gasteiger partial charge in [0.15, 0.2) is 0 Å². The summed E-state index contributed by atoms with van der Waals surface area (Å²) in [6.07, 6.45) is 2.70. The number of carbonyl (C=O) groups excluding carboxylic acids is 2. The van der Waals surface area contributed by atoms with E-state index in [1.165, 1.54) is 18.4 Å². The number of phenols is 2. The highest BCUT2D eigenvalue weighted by molar-refractivity contribution is 9.11. The predicted octanol–water partition coefficient (Wildman–Crippen LogP) is 5.26. The molecule has 0 aliphatic rings. The van der Waals surface area contributed by atoms with Crippen molar-refractivity contribution >= 4 is 73.3 Å². The topological polar surface area (TPSA) is 114 Å². The number of hydrogen-bond acceptors (Lipinski definition) is 6. The molecule has 4 N–H and O–H groups in total. The number of anilines is 1. The maximum absolute atomic E-state index is 13.0. The van der Waals surface area contributed by atoms with Crippen LogP contribution in [0.25, 0.3) is 6.08 Å². The zero-order valence-corrected chi connectivity index (χ0v) is 23.0. The first-order valence-electron chi connectivity index (χ1n) is 10.4. The molecule has 186 valence electrons. The second-order valence-corrected chi connectivity index (χ2v) is 9.69. The molecular weight excluding hydrogens is 616 g/mol. The van der Waals surface area contributed by atoms with Gasteiger partial charge < -0.3 is 20.4 Å². The number of amides is 2. The minimum Gasteiger partial charge on any atom is -0.506 e. The average Bonchev–Trinajstić information content (AvgIpc) is 2.85. The standard InChI is InChI=1S/C25H21Br2ClN4O4/c1-32(2)16-9-7-14(8-10-16)11-20(30-24(35)17-5-3-4-6-19(17)28)25(36)31-29-13-15-12-18(26)23(34)21(27)22(15)33/h3-13,33-34H,1-2H3,(H,30,35)(H,31,36)/b20-11?,29-13+. The van der Waals surface area contributed by atoms with Gasteiger partial charge in [0.05, 0.1) is 21.3 Å². The van der Waals surface area contributed by atoms with Crippen molar-refractivity contribution < 1.29 is 19.8 Å². The highest BCUT2D eigenvalue weighted by Gasteiger charge is 2.17. The Hall–Kier alpha value is -3.34. The Morgan fingerprint density at radius 2 is 1.69 bits per heavy atom. The van der Waals surface area contributed by atoms with E-state index in [0.29, 0.717) is 10.0 Å². The summed E-state index contributed by atoms with van der Waals surface area (Å²) in [5.41, 5.74) is 4.31. The van der Waals surface area contributed by atoms with Crippen LogP contribution in [0.3, 0.4) is 0 Å². The lowest BCUT2D eigenvalue weighted by Gasteiger charge is -2.13. The summed E-state index contributed by atoms with van der Waals surface area (Å²) in [6, 6.07) is 15.2. The number of carbonyl (C=O) groups is 2. The van der Waals surface area contributed by atoms with Crippen LogP contribution in [-0.4, -0.2) is 42.3 Å². The van der Waals surface area contributed by atoms with Crippen LogP contribution in [0.4, 0.5) is 5.69 Å². The molecule has 0 radical (unpaired) electrons. The molecule has 0 heterocycles. The molecule has 36 heavy (non-hydrogen) atoms. The van der Waals surface area contributed by atoms with Gasteiger partial charge >= 0.3 is 0 Å². The molecule has 0 aliphatic heterocycles. The lowest BCUT2D eigenvalue weighted by Crippen LogP contribution is -2.33. The van der Waals surface area contributed by atoms with Gasteiger partial charge in [0, 0.05) is 25.3 Å². The van der Waals surface area contributed by atoms with Gasteiger partial charge in [-0.3, -0.25) is 9.59 Å². The molecule has 3 aromatic carbocycles. The van der Waals surface area contributed by atoms with E-state index in [-0.39, 0.29) is 37.8 Å². The molecule has 8 nitrogen and oxygen atoms in total. The van der Waals surface area contributed by atoms with Gasteiger partial charge in [-0.15, -0.1) is 0 Å². The van der Waals surface area contributed by atoms with Crippen molar-refractivity contribution in [2.75, 3.05) is 19.0 Å².